The van der Waals surface area contributed by atoms with E-state index < -0.39 is 30.2 Å². The second-order valence-electron chi connectivity index (χ2n) is 10.9. The molecular weight excluding hydrogens is 617 g/mol. The molecule has 6 aromatic rings. The fraction of sp³-hybridized carbons (Fsp3) is 0.167. The molecule has 1 fully saturated rings. The van der Waals surface area contributed by atoms with Crippen molar-refractivity contribution in [3.8, 4) is 5.75 Å². The van der Waals surface area contributed by atoms with E-state index in [1.807, 2.05) is 97.1 Å². The van der Waals surface area contributed by atoms with Crippen LogP contribution in [0.3, 0.4) is 0 Å². The molecule has 0 amide bonds. The monoisotopic (exact) mass is 647 g/mol. The Kier molecular flexibility index (Phi) is 8.58. The maximum absolute atomic E-state index is 16.6. The third-order valence-electron chi connectivity index (χ3n) is 8.11. The molecule has 0 bridgehead atoms. The molecule has 0 spiro atoms. The first-order chi connectivity index (χ1) is 23.0. The molecule has 1 aliphatic rings. The average Bonchev–Trinajstić information content (AvgIpc) is 3.68. The van der Waals surface area contributed by atoms with Crippen molar-refractivity contribution in [2.75, 3.05) is 12.3 Å². The standard InChI is InChI=1S/C36H30FN5O4S/c37-29-31(46-35(47)44-27-19-11-4-12-20-27)28(45-34(29)42-23-41-30-32(38)39-22-40-33(30)42)21-43-36(24-13-5-1-6-14-24,25-15-7-2-8-16-25)26-17-9-3-10-18-26/h1-20,22-23,28-29,31,34H,21H2,(H2,38,39,40)/t28-,29+,31-,34-/m1/s1. The van der Waals surface area contributed by atoms with Crippen LogP contribution in [0, 0.1) is 0 Å². The Morgan fingerprint density at radius 3 is 1.94 bits per heavy atom. The number of anilines is 1. The SMILES string of the molecule is Nc1ncnc2c1ncn2[C@@H]1O[C@H](COC(c2ccccc2)(c2ccccc2)c2ccccc2)[C@@H](OC(=S)Oc2ccccc2)[C@@H]1F. The molecule has 0 aliphatic carbocycles. The Morgan fingerprint density at radius 1 is 0.809 bits per heavy atom. The molecule has 4 aromatic carbocycles. The van der Waals surface area contributed by atoms with Crippen LogP contribution in [0.15, 0.2) is 134 Å². The number of halogens is 1. The van der Waals surface area contributed by atoms with E-state index in [0.29, 0.717) is 16.9 Å². The van der Waals surface area contributed by atoms with Gasteiger partial charge in [-0.05, 0) is 28.8 Å². The Hall–Kier alpha value is -5.23. The molecule has 0 saturated carbocycles. The van der Waals surface area contributed by atoms with Crippen molar-refractivity contribution in [1.82, 2.24) is 19.5 Å². The van der Waals surface area contributed by atoms with Crippen molar-refractivity contribution in [2.24, 2.45) is 0 Å². The van der Waals surface area contributed by atoms with Crippen LogP contribution in [0.25, 0.3) is 11.2 Å². The second-order valence-corrected chi connectivity index (χ2v) is 11.3. The molecule has 3 heterocycles. The lowest BCUT2D eigenvalue weighted by Crippen LogP contribution is -2.41. The molecule has 0 unspecified atom stereocenters. The number of aromatic nitrogens is 4. The number of thiocarbonyl (C=S) groups is 1. The Bertz CT molecular complexity index is 1850. The second kappa shape index (κ2) is 13.2. The van der Waals surface area contributed by atoms with Crippen molar-refractivity contribution in [3.05, 3.63) is 151 Å². The van der Waals surface area contributed by atoms with Crippen LogP contribution in [0.5, 0.6) is 5.75 Å². The highest BCUT2D eigenvalue weighted by atomic mass is 32.1. The number of nitrogens with two attached hydrogens (primary N) is 1. The summed E-state index contributed by atoms with van der Waals surface area (Å²) >= 11 is 5.43. The summed E-state index contributed by atoms with van der Waals surface area (Å²) < 4.78 is 43.3. The highest BCUT2D eigenvalue weighted by Gasteiger charge is 2.50. The number of nitrogens with zero attached hydrogens (tertiary/aromatic N) is 4. The van der Waals surface area contributed by atoms with Gasteiger partial charge in [0.15, 0.2) is 30.0 Å². The van der Waals surface area contributed by atoms with Crippen LogP contribution < -0.4 is 10.5 Å². The van der Waals surface area contributed by atoms with Crippen molar-refractivity contribution >= 4 is 34.4 Å². The van der Waals surface area contributed by atoms with Gasteiger partial charge in [0.1, 0.15) is 29.3 Å². The lowest BCUT2D eigenvalue weighted by Gasteiger charge is -2.37. The largest absolute Gasteiger partial charge is 0.447 e. The summed E-state index contributed by atoms with van der Waals surface area (Å²) in [6, 6.07) is 38.6. The van der Waals surface area contributed by atoms with Crippen LogP contribution in [0.4, 0.5) is 10.2 Å². The molecule has 7 rings (SSSR count). The van der Waals surface area contributed by atoms with Crippen molar-refractivity contribution in [2.45, 2.75) is 30.2 Å². The highest BCUT2D eigenvalue weighted by molar-refractivity contribution is 7.79. The minimum absolute atomic E-state index is 0.0853. The number of hydrogen-bond acceptors (Lipinski definition) is 9. The first-order valence-corrected chi connectivity index (χ1v) is 15.4. The fourth-order valence-electron chi connectivity index (χ4n) is 5.94. The number of rotatable bonds is 9. The van der Waals surface area contributed by atoms with Gasteiger partial charge in [-0.3, -0.25) is 4.57 Å². The average molecular weight is 648 g/mol. The highest BCUT2D eigenvalue weighted by Crippen LogP contribution is 2.43. The summed E-state index contributed by atoms with van der Waals surface area (Å²) in [7, 11) is 0. The van der Waals surface area contributed by atoms with Crippen LogP contribution >= 0.6 is 12.2 Å². The van der Waals surface area contributed by atoms with E-state index in [-0.39, 0.29) is 17.7 Å². The molecule has 2 N–H and O–H groups in total. The maximum atomic E-state index is 16.6. The smallest absolute Gasteiger partial charge is 0.358 e. The fourth-order valence-corrected chi connectivity index (χ4v) is 6.15. The summed E-state index contributed by atoms with van der Waals surface area (Å²) in [5, 5.41) is -0.249. The summed E-state index contributed by atoms with van der Waals surface area (Å²) in [6.45, 7) is -0.0853. The van der Waals surface area contributed by atoms with Crippen molar-refractivity contribution in [1.29, 1.82) is 0 Å². The molecule has 1 saturated heterocycles. The van der Waals surface area contributed by atoms with Gasteiger partial charge >= 0.3 is 5.24 Å². The Morgan fingerprint density at radius 2 is 1.36 bits per heavy atom. The first-order valence-electron chi connectivity index (χ1n) is 15.0. The topological polar surface area (TPSA) is 107 Å². The lowest BCUT2D eigenvalue weighted by molar-refractivity contribution is -0.0930. The van der Waals surface area contributed by atoms with Gasteiger partial charge in [0.2, 0.25) is 0 Å². The molecule has 2 aromatic heterocycles. The molecule has 47 heavy (non-hydrogen) atoms. The minimum Gasteiger partial charge on any atom is -0.447 e. The van der Waals surface area contributed by atoms with Gasteiger partial charge in [0.05, 0.1) is 12.9 Å². The van der Waals surface area contributed by atoms with Gasteiger partial charge in [-0.25, -0.2) is 19.3 Å². The zero-order chi connectivity index (χ0) is 32.2. The number of para-hydroxylation sites is 1. The lowest BCUT2D eigenvalue weighted by atomic mass is 9.80. The molecular formula is C36H30FN5O4S. The number of nitrogen functional groups attached to an aromatic ring is 1. The number of fused-ring (bicyclic) bond motifs is 1. The quantitative estimate of drug-likeness (QED) is 0.141. The minimum atomic E-state index is -1.73. The van der Waals surface area contributed by atoms with E-state index >= 15 is 4.39 Å². The Labute approximate surface area is 275 Å². The summed E-state index contributed by atoms with van der Waals surface area (Å²) in [4.78, 5) is 12.6. The van der Waals surface area contributed by atoms with Crippen molar-refractivity contribution < 1.29 is 23.3 Å². The molecule has 9 nitrogen and oxygen atoms in total. The van der Waals surface area contributed by atoms with Gasteiger partial charge < -0.3 is 24.7 Å². The number of benzene rings is 4. The van der Waals surface area contributed by atoms with Crippen LogP contribution in [0.2, 0.25) is 0 Å². The summed E-state index contributed by atoms with van der Waals surface area (Å²) in [5.41, 5.74) is 8.25. The zero-order valence-electron chi connectivity index (χ0n) is 25.0. The number of ether oxygens (including phenoxy) is 4. The molecule has 1 aliphatic heterocycles. The van der Waals surface area contributed by atoms with E-state index in [1.165, 1.54) is 17.2 Å². The maximum Gasteiger partial charge on any atom is 0.358 e. The van der Waals surface area contributed by atoms with Gasteiger partial charge in [-0.2, -0.15) is 0 Å². The van der Waals surface area contributed by atoms with Gasteiger partial charge in [-0.1, -0.05) is 109 Å². The van der Waals surface area contributed by atoms with Gasteiger partial charge in [-0.15, -0.1) is 0 Å². The molecule has 4 atom stereocenters. The first kappa shape index (κ1) is 30.4. The third-order valence-corrected chi connectivity index (χ3v) is 8.29. The third kappa shape index (κ3) is 5.92. The van der Waals surface area contributed by atoms with Crippen LogP contribution in [-0.4, -0.2) is 49.7 Å². The normalized spacial score (nSPS) is 19.4. The summed E-state index contributed by atoms with van der Waals surface area (Å²) in [5.74, 6) is 0.630. The molecule has 0 radical (unpaired) electrons. The van der Waals surface area contributed by atoms with E-state index in [0.717, 1.165) is 16.7 Å². The van der Waals surface area contributed by atoms with E-state index in [1.54, 1.807) is 24.3 Å². The summed E-state index contributed by atoms with van der Waals surface area (Å²) in [6.07, 6.45) is -2.36. The number of imidazole rings is 1. The molecule has 11 heteroatoms. The van der Waals surface area contributed by atoms with Gasteiger partial charge in [0, 0.05) is 12.2 Å². The Balaban J connectivity index is 1.26. The van der Waals surface area contributed by atoms with Crippen LogP contribution in [0.1, 0.15) is 22.9 Å². The van der Waals surface area contributed by atoms with E-state index in [4.69, 9.17) is 36.9 Å². The predicted octanol–water partition coefficient (Wildman–Crippen LogP) is 6.40. The zero-order valence-corrected chi connectivity index (χ0v) is 25.8. The van der Waals surface area contributed by atoms with Crippen LogP contribution in [-0.2, 0) is 19.8 Å². The predicted molar refractivity (Wildman–Crippen MR) is 178 cm³/mol. The van der Waals surface area contributed by atoms with Crippen molar-refractivity contribution in [3.63, 3.8) is 0 Å². The molecule has 236 valence electrons. The number of alkyl halides is 1. The van der Waals surface area contributed by atoms with Gasteiger partial charge in [0.25, 0.3) is 0 Å². The number of hydrogen-bond donors (Lipinski definition) is 1. The van der Waals surface area contributed by atoms with E-state index in [2.05, 4.69) is 15.0 Å². The van der Waals surface area contributed by atoms with E-state index in [9.17, 15) is 0 Å².